The highest BCUT2D eigenvalue weighted by molar-refractivity contribution is 7.10. The summed E-state index contributed by atoms with van der Waals surface area (Å²) in [6, 6.07) is 1.70. The van der Waals surface area contributed by atoms with E-state index in [4.69, 9.17) is 17.4 Å². The number of hydrazine groups is 1. The zero-order chi connectivity index (χ0) is 12.5. The molecule has 3 N–H and O–H groups in total. The monoisotopic (exact) mass is 280 g/mol. The Labute approximate surface area is 108 Å². The molecule has 1 aliphatic rings. The Morgan fingerprint density at radius 2 is 2.12 bits per heavy atom. The lowest BCUT2D eigenvalue weighted by Gasteiger charge is -2.33. The molecular weight excluding hydrogens is 266 g/mol. The molecule has 0 amide bonds. The van der Waals surface area contributed by atoms with Crippen molar-refractivity contribution in [3.63, 3.8) is 0 Å². The number of hydrogen-bond donors (Lipinski definition) is 2. The van der Waals surface area contributed by atoms with Crippen molar-refractivity contribution in [2.75, 3.05) is 0 Å². The minimum atomic E-state index is -2.51. The lowest BCUT2D eigenvalue weighted by Crippen LogP contribution is -2.37. The van der Waals surface area contributed by atoms with Gasteiger partial charge in [0.25, 0.3) is 0 Å². The Balaban J connectivity index is 2.08. The summed E-state index contributed by atoms with van der Waals surface area (Å²) in [5, 5.41) is 2.55. The van der Waals surface area contributed by atoms with Crippen molar-refractivity contribution in [3.8, 4) is 0 Å². The number of nitrogens with one attached hydrogen (secondary N) is 1. The smallest absolute Gasteiger partial charge is 0.248 e. The average molecular weight is 281 g/mol. The third kappa shape index (κ3) is 2.96. The van der Waals surface area contributed by atoms with Crippen LogP contribution in [0.2, 0.25) is 5.02 Å². The van der Waals surface area contributed by atoms with Gasteiger partial charge in [0.2, 0.25) is 5.92 Å². The highest BCUT2D eigenvalue weighted by Gasteiger charge is 2.38. The van der Waals surface area contributed by atoms with Crippen LogP contribution >= 0.6 is 22.9 Å². The predicted octanol–water partition coefficient (Wildman–Crippen LogP) is 3.73. The van der Waals surface area contributed by atoms with Crippen molar-refractivity contribution in [3.05, 3.63) is 21.3 Å². The zero-order valence-corrected chi connectivity index (χ0v) is 10.8. The summed E-state index contributed by atoms with van der Waals surface area (Å²) in [4.78, 5) is 0.949. The van der Waals surface area contributed by atoms with E-state index in [1.165, 1.54) is 11.3 Å². The summed E-state index contributed by atoms with van der Waals surface area (Å²) in [6.07, 6.45) is 0.851. The molecule has 1 unspecified atom stereocenters. The lowest BCUT2D eigenvalue weighted by atomic mass is 9.82. The van der Waals surface area contributed by atoms with Crippen molar-refractivity contribution in [2.24, 2.45) is 11.8 Å². The molecule has 1 fully saturated rings. The van der Waals surface area contributed by atoms with E-state index >= 15 is 0 Å². The first kappa shape index (κ1) is 13.2. The Bertz CT molecular complexity index is 373. The van der Waals surface area contributed by atoms with Crippen molar-refractivity contribution >= 4 is 22.9 Å². The number of alkyl halides is 2. The van der Waals surface area contributed by atoms with Crippen molar-refractivity contribution in [1.29, 1.82) is 0 Å². The fourth-order valence-corrected chi connectivity index (χ4v) is 3.68. The first-order valence-corrected chi connectivity index (χ1v) is 6.86. The molecule has 0 aromatic carbocycles. The highest BCUT2D eigenvalue weighted by Crippen LogP contribution is 2.43. The van der Waals surface area contributed by atoms with Crippen LogP contribution in [0.5, 0.6) is 0 Å². The van der Waals surface area contributed by atoms with Gasteiger partial charge in [-0.1, -0.05) is 11.6 Å². The van der Waals surface area contributed by atoms with Gasteiger partial charge < -0.3 is 0 Å². The number of nitrogens with two attached hydrogens (primary N) is 1. The fourth-order valence-electron chi connectivity index (χ4n) is 2.35. The minimum Gasteiger partial charge on any atom is -0.271 e. The SMILES string of the molecule is NNC(c1sccc1Cl)C1CCC(F)(F)CC1. The summed E-state index contributed by atoms with van der Waals surface area (Å²) < 4.78 is 26.2. The first-order chi connectivity index (χ1) is 8.03. The average Bonchev–Trinajstić information content (AvgIpc) is 2.69. The maximum atomic E-state index is 13.1. The van der Waals surface area contributed by atoms with E-state index in [2.05, 4.69) is 5.43 Å². The van der Waals surface area contributed by atoms with Gasteiger partial charge in [-0.25, -0.2) is 8.78 Å². The Morgan fingerprint density at radius 1 is 1.47 bits per heavy atom. The lowest BCUT2D eigenvalue weighted by molar-refractivity contribution is -0.0496. The van der Waals surface area contributed by atoms with Crippen molar-refractivity contribution in [1.82, 2.24) is 5.43 Å². The summed E-state index contributed by atoms with van der Waals surface area (Å²) in [6.45, 7) is 0. The van der Waals surface area contributed by atoms with E-state index in [0.717, 1.165) is 4.88 Å². The molecule has 6 heteroatoms. The quantitative estimate of drug-likeness (QED) is 0.654. The van der Waals surface area contributed by atoms with Gasteiger partial charge >= 0.3 is 0 Å². The molecule has 1 aliphatic carbocycles. The van der Waals surface area contributed by atoms with Crippen LogP contribution in [0.1, 0.15) is 36.6 Å². The highest BCUT2D eigenvalue weighted by atomic mass is 35.5. The van der Waals surface area contributed by atoms with Crippen LogP contribution in [0.4, 0.5) is 8.78 Å². The first-order valence-electron chi connectivity index (χ1n) is 5.60. The fraction of sp³-hybridized carbons (Fsp3) is 0.636. The molecule has 2 rings (SSSR count). The van der Waals surface area contributed by atoms with Gasteiger partial charge in [0.05, 0.1) is 11.1 Å². The van der Waals surface area contributed by atoms with Gasteiger partial charge in [0, 0.05) is 17.7 Å². The molecule has 96 valence electrons. The zero-order valence-electron chi connectivity index (χ0n) is 9.26. The molecule has 0 spiro atoms. The summed E-state index contributed by atoms with van der Waals surface area (Å²) in [5.41, 5.74) is 2.72. The standard InChI is InChI=1S/C11H15ClF2N2S/c12-8-3-6-17-10(8)9(16-15)7-1-4-11(13,14)5-2-7/h3,6-7,9,16H,1-2,4-5,15H2. The largest absolute Gasteiger partial charge is 0.271 e. The Kier molecular flexibility index (Phi) is 4.02. The molecule has 0 radical (unpaired) electrons. The molecule has 1 heterocycles. The molecule has 2 nitrogen and oxygen atoms in total. The molecule has 17 heavy (non-hydrogen) atoms. The van der Waals surface area contributed by atoms with Gasteiger partial charge in [-0.2, -0.15) is 0 Å². The van der Waals surface area contributed by atoms with E-state index in [9.17, 15) is 8.78 Å². The van der Waals surface area contributed by atoms with Crippen LogP contribution in [-0.4, -0.2) is 5.92 Å². The molecule has 1 aromatic rings. The van der Waals surface area contributed by atoms with Crippen LogP contribution < -0.4 is 11.3 Å². The molecule has 1 aromatic heterocycles. The maximum absolute atomic E-state index is 13.1. The van der Waals surface area contributed by atoms with Crippen LogP contribution in [0.25, 0.3) is 0 Å². The molecule has 0 saturated heterocycles. The number of rotatable bonds is 3. The maximum Gasteiger partial charge on any atom is 0.248 e. The second-order valence-electron chi connectivity index (χ2n) is 4.47. The van der Waals surface area contributed by atoms with Gasteiger partial charge in [0.15, 0.2) is 0 Å². The Hall–Kier alpha value is -0.230. The van der Waals surface area contributed by atoms with Crippen LogP contribution in [-0.2, 0) is 0 Å². The van der Waals surface area contributed by atoms with Crippen molar-refractivity contribution in [2.45, 2.75) is 37.6 Å². The van der Waals surface area contributed by atoms with E-state index in [1.807, 2.05) is 11.4 Å². The third-order valence-electron chi connectivity index (χ3n) is 3.34. The summed E-state index contributed by atoms with van der Waals surface area (Å²) >= 11 is 7.57. The number of halogens is 3. The number of hydrogen-bond acceptors (Lipinski definition) is 3. The minimum absolute atomic E-state index is 0.0567. The summed E-state index contributed by atoms with van der Waals surface area (Å²) in [5.74, 6) is 3.17. The van der Waals surface area contributed by atoms with E-state index in [-0.39, 0.29) is 24.8 Å². The topological polar surface area (TPSA) is 38.0 Å². The van der Waals surface area contributed by atoms with Gasteiger partial charge in [0.1, 0.15) is 0 Å². The molecule has 1 saturated carbocycles. The predicted molar refractivity (Wildman–Crippen MR) is 66.3 cm³/mol. The van der Waals surface area contributed by atoms with E-state index in [1.54, 1.807) is 0 Å². The van der Waals surface area contributed by atoms with Crippen LogP contribution in [0.3, 0.4) is 0 Å². The molecule has 0 aliphatic heterocycles. The second kappa shape index (κ2) is 5.18. The third-order valence-corrected chi connectivity index (χ3v) is 4.78. The van der Waals surface area contributed by atoms with E-state index in [0.29, 0.717) is 17.9 Å². The normalized spacial score (nSPS) is 22.6. The summed E-state index contributed by atoms with van der Waals surface area (Å²) in [7, 11) is 0. The van der Waals surface area contributed by atoms with Gasteiger partial charge in [-0.05, 0) is 30.2 Å². The van der Waals surface area contributed by atoms with Gasteiger partial charge in [-0.15, -0.1) is 11.3 Å². The van der Waals surface area contributed by atoms with Gasteiger partial charge in [-0.3, -0.25) is 11.3 Å². The molecule has 1 atom stereocenters. The number of thiophene rings is 1. The van der Waals surface area contributed by atoms with Crippen molar-refractivity contribution < 1.29 is 8.78 Å². The molecular formula is C11H15ClF2N2S. The van der Waals surface area contributed by atoms with Crippen LogP contribution in [0.15, 0.2) is 11.4 Å². The van der Waals surface area contributed by atoms with Crippen LogP contribution in [0, 0.1) is 5.92 Å². The Morgan fingerprint density at radius 3 is 2.59 bits per heavy atom. The van der Waals surface area contributed by atoms with E-state index < -0.39 is 5.92 Å². The second-order valence-corrected chi connectivity index (χ2v) is 5.83. The molecule has 0 bridgehead atoms.